The van der Waals surface area contributed by atoms with Crippen LogP contribution in [0.1, 0.15) is 35.6 Å². The lowest BCUT2D eigenvalue weighted by Crippen LogP contribution is -2.11. The zero-order valence-electron chi connectivity index (χ0n) is 12.7. The molecule has 1 N–H and O–H groups in total. The molecule has 3 rings (SSSR count). The third kappa shape index (κ3) is 3.90. The van der Waals surface area contributed by atoms with Crippen LogP contribution < -0.4 is 5.32 Å². The van der Waals surface area contributed by atoms with E-state index in [1.54, 1.807) is 11.1 Å². The molecule has 0 saturated carbocycles. The van der Waals surface area contributed by atoms with E-state index in [1.807, 2.05) is 11.8 Å². The maximum Gasteiger partial charge on any atom is 0.0232 e. The Hall–Kier alpha value is -1.25. The summed E-state index contributed by atoms with van der Waals surface area (Å²) < 4.78 is 0. The van der Waals surface area contributed by atoms with Crippen molar-refractivity contribution in [2.45, 2.75) is 43.4 Å². The molecule has 0 atom stereocenters. The van der Waals surface area contributed by atoms with Crippen molar-refractivity contribution >= 4 is 11.8 Å². The molecule has 1 nitrogen and oxygen atoms in total. The van der Waals surface area contributed by atoms with Gasteiger partial charge in [-0.1, -0.05) is 37.3 Å². The molecule has 0 aromatic heterocycles. The number of hydrogen-bond donors (Lipinski definition) is 1. The van der Waals surface area contributed by atoms with E-state index in [4.69, 9.17) is 0 Å². The second kappa shape index (κ2) is 7.15. The molecular weight excluding hydrogens is 274 g/mol. The van der Waals surface area contributed by atoms with Crippen LogP contribution in [0.5, 0.6) is 0 Å². The minimum Gasteiger partial charge on any atom is -0.313 e. The summed E-state index contributed by atoms with van der Waals surface area (Å²) in [5.74, 6) is 1.07. The van der Waals surface area contributed by atoms with E-state index in [0.29, 0.717) is 0 Å². The summed E-state index contributed by atoms with van der Waals surface area (Å²) in [6.45, 7) is 4.13. The zero-order valence-corrected chi connectivity index (χ0v) is 13.5. The van der Waals surface area contributed by atoms with Crippen molar-refractivity contribution in [3.05, 3.63) is 64.7 Å². The van der Waals surface area contributed by atoms with Crippen LogP contribution in [0.4, 0.5) is 0 Å². The van der Waals surface area contributed by atoms with E-state index in [0.717, 1.165) is 18.8 Å². The Morgan fingerprint density at radius 1 is 0.952 bits per heavy atom. The Balaban J connectivity index is 1.57. The van der Waals surface area contributed by atoms with Gasteiger partial charge in [-0.05, 0) is 60.2 Å². The van der Waals surface area contributed by atoms with E-state index < -0.39 is 0 Å². The number of nitrogens with one attached hydrogen (secondary N) is 1. The number of rotatable bonds is 6. The van der Waals surface area contributed by atoms with Crippen molar-refractivity contribution in [1.29, 1.82) is 0 Å². The molecule has 0 heterocycles. The Morgan fingerprint density at radius 3 is 2.52 bits per heavy atom. The van der Waals surface area contributed by atoms with Crippen LogP contribution in [0.3, 0.4) is 0 Å². The highest BCUT2D eigenvalue weighted by molar-refractivity contribution is 7.98. The smallest absolute Gasteiger partial charge is 0.0232 e. The van der Waals surface area contributed by atoms with Crippen LogP contribution >= 0.6 is 11.8 Å². The van der Waals surface area contributed by atoms with E-state index in [1.165, 1.54) is 35.3 Å². The highest BCUT2D eigenvalue weighted by Crippen LogP contribution is 2.27. The summed E-state index contributed by atoms with van der Waals surface area (Å²) in [5, 5.41) is 3.36. The largest absolute Gasteiger partial charge is 0.313 e. The highest BCUT2D eigenvalue weighted by Gasteiger charge is 2.10. The van der Waals surface area contributed by atoms with Crippen LogP contribution in [0.2, 0.25) is 0 Å². The summed E-state index contributed by atoms with van der Waals surface area (Å²) in [7, 11) is 0. The first-order chi connectivity index (χ1) is 10.3. The molecule has 2 aromatic carbocycles. The number of aryl methyl sites for hydroxylation is 2. The molecule has 0 saturated heterocycles. The summed E-state index contributed by atoms with van der Waals surface area (Å²) in [6.07, 6.45) is 3.88. The van der Waals surface area contributed by atoms with E-state index >= 15 is 0 Å². The quantitative estimate of drug-likeness (QED) is 0.783. The fourth-order valence-corrected chi connectivity index (χ4v) is 3.70. The van der Waals surface area contributed by atoms with Crippen LogP contribution in [0.25, 0.3) is 0 Å². The molecular formula is C19H23NS. The third-order valence-electron chi connectivity index (χ3n) is 4.07. The van der Waals surface area contributed by atoms with Gasteiger partial charge in [0.05, 0.1) is 0 Å². The Bertz CT molecular complexity index is 589. The van der Waals surface area contributed by atoms with Gasteiger partial charge in [0.1, 0.15) is 0 Å². The van der Waals surface area contributed by atoms with Gasteiger partial charge in [-0.25, -0.2) is 0 Å². The number of benzene rings is 2. The lowest BCUT2D eigenvalue weighted by atomic mass is 10.1. The summed E-state index contributed by atoms with van der Waals surface area (Å²) in [6, 6.07) is 16.0. The normalized spacial score (nSPS) is 13.4. The molecule has 0 amide bonds. The van der Waals surface area contributed by atoms with Crippen molar-refractivity contribution < 1.29 is 0 Å². The summed E-state index contributed by atoms with van der Waals surface area (Å²) >= 11 is 1.93. The first-order valence-corrected chi connectivity index (χ1v) is 8.87. The van der Waals surface area contributed by atoms with Crippen LogP contribution in [0, 0.1) is 0 Å². The molecule has 110 valence electrons. The zero-order chi connectivity index (χ0) is 14.5. The van der Waals surface area contributed by atoms with Crippen molar-refractivity contribution in [1.82, 2.24) is 5.32 Å². The predicted octanol–water partition coefficient (Wildman–Crippen LogP) is 4.58. The van der Waals surface area contributed by atoms with Gasteiger partial charge in [0.15, 0.2) is 0 Å². The second-order valence-corrected chi connectivity index (χ2v) is 6.72. The standard InChI is InChI=1S/C19H23NS/c1-2-20-13-15-7-10-19(11-8-15)21-14-16-6-9-17-4-3-5-18(17)12-16/h6-12,20H,2-5,13-14H2,1H3. The van der Waals surface area contributed by atoms with Gasteiger partial charge in [0, 0.05) is 17.2 Å². The fraction of sp³-hybridized carbons (Fsp3) is 0.368. The molecule has 1 aliphatic carbocycles. The van der Waals surface area contributed by atoms with Crippen LogP contribution in [0.15, 0.2) is 47.4 Å². The Morgan fingerprint density at radius 2 is 1.71 bits per heavy atom. The predicted molar refractivity (Wildman–Crippen MR) is 91.9 cm³/mol. The molecule has 21 heavy (non-hydrogen) atoms. The molecule has 2 heteroatoms. The van der Waals surface area contributed by atoms with Gasteiger partial charge >= 0.3 is 0 Å². The monoisotopic (exact) mass is 297 g/mol. The van der Waals surface area contributed by atoms with Gasteiger partial charge in [0.2, 0.25) is 0 Å². The van der Waals surface area contributed by atoms with Crippen LogP contribution in [-0.2, 0) is 25.1 Å². The second-order valence-electron chi connectivity index (χ2n) is 5.67. The molecule has 1 aliphatic rings. The lowest BCUT2D eigenvalue weighted by Gasteiger charge is -2.06. The minimum atomic E-state index is 0.965. The topological polar surface area (TPSA) is 12.0 Å². The molecule has 0 bridgehead atoms. The SMILES string of the molecule is CCNCc1ccc(SCc2ccc3c(c2)CCC3)cc1. The van der Waals surface area contributed by atoms with E-state index in [9.17, 15) is 0 Å². The average molecular weight is 297 g/mol. The highest BCUT2D eigenvalue weighted by atomic mass is 32.2. The van der Waals surface area contributed by atoms with Crippen LogP contribution in [-0.4, -0.2) is 6.54 Å². The first-order valence-electron chi connectivity index (χ1n) is 7.88. The van der Waals surface area contributed by atoms with Crippen molar-refractivity contribution in [2.75, 3.05) is 6.54 Å². The van der Waals surface area contributed by atoms with Crippen molar-refractivity contribution in [3.63, 3.8) is 0 Å². The van der Waals surface area contributed by atoms with Gasteiger partial charge in [-0.3, -0.25) is 0 Å². The first kappa shape index (κ1) is 14.7. The number of hydrogen-bond acceptors (Lipinski definition) is 2. The number of thioether (sulfide) groups is 1. The summed E-state index contributed by atoms with van der Waals surface area (Å²) in [4.78, 5) is 1.36. The lowest BCUT2D eigenvalue weighted by molar-refractivity contribution is 0.726. The van der Waals surface area contributed by atoms with E-state index in [-0.39, 0.29) is 0 Å². The molecule has 2 aromatic rings. The molecule has 0 spiro atoms. The Labute approximate surface area is 132 Å². The third-order valence-corrected chi connectivity index (χ3v) is 5.15. The summed E-state index contributed by atoms with van der Waals surface area (Å²) in [5.41, 5.74) is 5.96. The molecule has 0 fully saturated rings. The average Bonchev–Trinajstić information content (AvgIpc) is 2.99. The number of fused-ring (bicyclic) bond motifs is 1. The maximum absolute atomic E-state index is 3.36. The van der Waals surface area contributed by atoms with Gasteiger partial charge in [0.25, 0.3) is 0 Å². The van der Waals surface area contributed by atoms with Gasteiger partial charge in [-0.15, -0.1) is 11.8 Å². The minimum absolute atomic E-state index is 0.965. The fourth-order valence-electron chi connectivity index (χ4n) is 2.85. The molecule has 0 radical (unpaired) electrons. The van der Waals surface area contributed by atoms with Gasteiger partial charge in [-0.2, -0.15) is 0 Å². The molecule has 0 unspecified atom stereocenters. The Kier molecular flexibility index (Phi) is 5.00. The van der Waals surface area contributed by atoms with Crippen molar-refractivity contribution in [3.8, 4) is 0 Å². The van der Waals surface area contributed by atoms with E-state index in [2.05, 4.69) is 54.7 Å². The van der Waals surface area contributed by atoms with Gasteiger partial charge < -0.3 is 5.32 Å². The molecule has 0 aliphatic heterocycles. The van der Waals surface area contributed by atoms with Crippen molar-refractivity contribution in [2.24, 2.45) is 0 Å². The maximum atomic E-state index is 3.36.